The molecule has 0 bridgehead atoms. The van der Waals surface area contributed by atoms with Crippen molar-refractivity contribution in [2.45, 2.75) is 25.1 Å². The van der Waals surface area contributed by atoms with Crippen molar-refractivity contribution in [3.05, 3.63) is 0 Å². The van der Waals surface area contributed by atoms with Gasteiger partial charge in [-0.15, -0.1) is 0 Å². The highest BCUT2D eigenvalue weighted by Gasteiger charge is 2.41. The third-order valence-electron chi connectivity index (χ3n) is 2.24. The maximum atomic E-state index is 12.1. The highest BCUT2D eigenvalue weighted by atomic mass is 19.4. The molecule has 0 aromatic heterocycles. The van der Waals surface area contributed by atoms with Crippen molar-refractivity contribution in [1.82, 2.24) is 5.32 Å². The van der Waals surface area contributed by atoms with Crippen LogP contribution in [0.4, 0.5) is 13.2 Å². The molecule has 0 saturated carbocycles. The minimum Gasteiger partial charge on any atom is -0.330 e. The largest absolute Gasteiger partial charge is 0.403 e. The second-order valence-electron chi connectivity index (χ2n) is 3.18. The van der Waals surface area contributed by atoms with Gasteiger partial charge in [0.2, 0.25) is 0 Å². The lowest BCUT2D eigenvalue weighted by Gasteiger charge is -2.30. The van der Waals surface area contributed by atoms with Gasteiger partial charge in [0, 0.05) is 0 Å². The molecule has 12 heavy (non-hydrogen) atoms. The van der Waals surface area contributed by atoms with E-state index >= 15 is 0 Å². The summed E-state index contributed by atoms with van der Waals surface area (Å²) in [4.78, 5) is 0. The van der Waals surface area contributed by atoms with Crippen LogP contribution >= 0.6 is 0 Å². The Morgan fingerprint density at radius 2 is 2.00 bits per heavy atom. The van der Waals surface area contributed by atoms with E-state index in [2.05, 4.69) is 5.32 Å². The van der Waals surface area contributed by atoms with Crippen molar-refractivity contribution in [3.63, 3.8) is 0 Å². The van der Waals surface area contributed by atoms with Crippen LogP contribution in [0.15, 0.2) is 0 Å². The normalized spacial score (nSPS) is 32.0. The SMILES string of the molecule is NC[C@H]1CC[C@@H](C(F)(F)F)NC1. The Morgan fingerprint density at radius 1 is 1.33 bits per heavy atom. The Labute approximate surface area is 69.3 Å². The predicted octanol–water partition coefficient (Wildman–Crippen LogP) is 0.876. The topological polar surface area (TPSA) is 38.0 Å². The van der Waals surface area contributed by atoms with Crippen LogP contribution in [0, 0.1) is 5.92 Å². The molecule has 0 unspecified atom stereocenters. The molecule has 0 aliphatic carbocycles. The summed E-state index contributed by atoms with van der Waals surface area (Å²) in [6, 6.07) is -1.32. The monoisotopic (exact) mass is 182 g/mol. The Bertz CT molecular complexity index is 138. The summed E-state index contributed by atoms with van der Waals surface area (Å²) in [5, 5.41) is 2.46. The molecular formula is C7H13F3N2. The number of halogens is 3. The fourth-order valence-corrected chi connectivity index (χ4v) is 1.40. The first-order valence-electron chi connectivity index (χ1n) is 4.04. The van der Waals surface area contributed by atoms with Crippen molar-refractivity contribution in [2.24, 2.45) is 11.7 Å². The van der Waals surface area contributed by atoms with Gasteiger partial charge in [-0.25, -0.2) is 0 Å². The van der Waals surface area contributed by atoms with E-state index in [1.807, 2.05) is 0 Å². The van der Waals surface area contributed by atoms with Gasteiger partial charge in [0.05, 0.1) is 0 Å². The maximum absolute atomic E-state index is 12.1. The fraction of sp³-hybridized carbons (Fsp3) is 1.00. The van der Waals surface area contributed by atoms with Gasteiger partial charge in [0.1, 0.15) is 6.04 Å². The van der Waals surface area contributed by atoms with Crippen LogP contribution in [-0.2, 0) is 0 Å². The zero-order chi connectivity index (χ0) is 9.19. The summed E-state index contributed by atoms with van der Waals surface area (Å²) in [5.74, 6) is 0.212. The molecule has 72 valence electrons. The van der Waals surface area contributed by atoms with Crippen molar-refractivity contribution in [1.29, 1.82) is 0 Å². The maximum Gasteiger partial charge on any atom is 0.403 e. The zero-order valence-electron chi connectivity index (χ0n) is 6.69. The summed E-state index contributed by atoms with van der Waals surface area (Å²) in [6.45, 7) is 0.859. The van der Waals surface area contributed by atoms with E-state index in [0.29, 0.717) is 19.5 Å². The first kappa shape index (κ1) is 9.80. The smallest absolute Gasteiger partial charge is 0.330 e. The number of alkyl halides is 3. The second-order valence-corrected chi connectivity index (χ2v) is 3.18. The Morgan fingerprint density at radius 3 is 2.33 bits per heavy atom. The number of nitrogens with one attached hydrogen (secondary N) is 1. The van der Waals surface area contributed by atoms with Gasteiger partial charge in [-0.2, -0.15) is 13.2 Å². The predicted molar refractivity (Wildman–Crippen MR) is 39.6 cm³/mol. The number of rotatable bonds is 1. The summed E-state index contributed by atoms with van der Waals surface area (Å²) in [6.07, 6.45) is -3.36. The van der Waals surface area contributed by atoms with Crippen LogP contribution in [-0.4, -0.2) is 25.3 Å². The lowest BCUT2D eigenvalue weighted by Crippen LogP contribution is -2.49. The van der Waals surface area contributed by atoms with Gasteiger partial charge in [0.25, 0.3) is 0 Å². The van der Waals surface area contributed by atoms with Crippen molar-refractivity contribution in [2.75, 3.05) is 13.1 Å². The highest BCUT2D eigenvalue weighted by molar-refractivity contribution is 4.82. The van der Waals surface area contributed by atoms with Crippen LogP contribution in [0.5, 0.6) is 0 Å². The number of hydrogen-bond donors (Lipinski definition) is 2. The molecule has 1 rings (SSSR count). The number of hydrogen-bond acceptors (Lipinski definition) is 2. The lowest BCUT2D eigenvalue weighted by atomic mass is 9.95. The molecule has 5 heteroatoms. The van der Waals surface area contributed by atoms with Gasteiger partial charge in [0.15, 0.2) is 0 Å². The third-order valence-corrected chi connectivity index (χ3v) is 2.24. The third kappa shape index (κ3) is 2.35. The van der Waals surface area contributed by atoms with Crippen LogP contribution in [0.3, 0.4) is 0 Å². The van der Waals surface area contributed by atoms with Gasteiger partial charge in [-0.3, -0.25) is 0 Å². The van der Waals surface area contributed by atoms with Crippen LogP contribution in [0.25, 0.3) is 0 Å². The van der Waals surface area contributed by atoms with Crippen molar-refractivity contribution < 1.29 is 13.2 Å². The van der Waals surface area contributed by atoms with Gasteiger partial charge >= 0.3 is 6.18 Å². The number of piperidine rings is 1. The average molecular weight is 182 g/mol. The molecule has 0 aromatic carbocycles. The summed E-state index contributed by atoms with van der Waals surface area (Å²) < 4.78 is 36.2. The quantitative estimate of drug-likeness (QED) is 0.631. The van der Waals surface area contributed by atoms with Crippen molar-refractivity contribution in [3.8, 4) is 0 Å². The molecule has 0 aromatic rings. The van der Waals surface area contributed by atoms with E-state index in [-0.39, 0.29) is 12.3 Å². The van der Waals surface area contributed by atoms with Crippen molar-refractivity contribution >= 4 is 0 Å². The lowest BCUT2D eigenvalue weighted by molar-refractivity contribution is -0.161. The molecular weight excluding hydrogens is 169 g/mol. The van der Waals surface area contributed by atoms with E-state index in [9.17, 15) is 13.2 Å². The Kier molecular flexibility index (Phi) is 2.95. The van der Waals surface area contributed by atoms with E-state index < -0.39 is 12.2 Å². The molecule has 2 nitrogen and oxygen atoms in total. The molecule has 1 fully saturated rings. The van der Waals surface area contributed by atoms with Crippen LogP contribution < -0.4 is 11.1 Å². The zero-order valence-corrected chi connectivity index (χ0v) is 6.69. The minimum atomic E-state index is -4.10. The first-order valence-corrected chi connectivity index (χ1v) is 4.04. The van der Waals surface area contributed by atoms with E-state index in [1.165, 1.54) is 0 Å². The molecule has 1 aliphatic rings. The summed E-state index contributed by atoms with van der Waals surface area (Å²) >= 11 is 0. The molecule has 0 amide bonds. The molecule has 2 atom stereocenters. The number of nitrogens with two attached hydrogens (primary N) is 1. The summed E-state index contributed by atoms with van der Waals surface area (Å²) in [5.41, 5.74) is 5.34. The molecule has 0 spiro atoms. The van der Waals surface area contributed by atoms with Crippen LogP contribution in [0.1, 0.15) is 12.8 Å². The highest BCUT2D eigenvalue weighted by Crippen LogP contribution is 2.27. The second kappa shape index (κ2) is 3.62. The molecule has 1 saturated heterocycles. The molecule has 1 aliphatic heterocycles. The Hall–Kier alpha value is -0.290. The fourth-order valence-electron chi connectivity index (χ4n) is 1.40. The molecule has 1 heterocycles. The van der Waals surface area contributed by atoms with E-state index in [4.69, 9.17) is 5.73 Å². The van der Waals surface area contributed by atoms with E-state index in [1.54, 1.807) is 0 Å². The van der Waals surface area contributed by atoms with Gasteiger partial charge in [-0.1, -0.05) is 0 Å². The van der Waals surface area contributed by atoms with Crippen LogP contribution in [0.2, 0.25) is 0 Å². The Balaban J connectivity index is 2.36. The summed E-state index contributed by atoms with van der Waals surface area (Å²) in [7, 11) is 0. The molecule has 3 N–H and O–H groups in total. The molecule has 0 radical (unpaired) electrons. The minimum absolute atomic E-state index is 0.158. The standard InChI is InChI=1S/C7H13F3N2/c8-7(9,10)6-2-1-5(3-11)4-12-6/h5-6,12H,1-4,11H2/t5-,6+/m1/s1. The average Bonchev–Trinajstić information content (AvgIpc) is 2.03. The van der Waals surface area contributed by atoms with Gasteiger partial charge < -0.3 is 11.1 Å². The van der Waals surface area contributed by atoms with E-state index in [0.717, 1.165) is 0 Å². The van der Waals surface area contributed by atoms with Gasteiger partial charge in [-0.05, 0) is 31.8 Å². The first-order chi connectivity index (χ1) is 5.54.